The molecule has 0 aromatic heterocycles. The second kappa shape index (κ2) is 6.48. The summed E-state index contributed by atoms with van der Waals surface area (Å²) in [4.78, 5) is 0. The van der Waals surface area contributed by atoms with Crippen LogP contribution in [0.2, 0.25) is 0 Å². The fourth-order valence-electron chi connectivity index (χ4n) is 1.77. The van der Waals surface area contributed by atoms with Crippen LogP contribution in [0.5, 0.6) is 11.5 Å². The fraction of sp³-hybridized carbons (Fsp3) is 0.250. The molecule has 0 amide bonds. The lowest BCUT2D eigenvalue weighted by molar-refractivity contribution is 0.454. The molecule has 0 saturated carbocycles. The van der Waals surface area contributed by atoms with Crippen molar-refractivity contribution in [2.24, 2.45) is 0 Å². The summed E-state index contributed by atoms with van der Waals surface area (Å²) in [5.41, 5.74) is 0.436. The smallest absolute Gasteiger partial charge is 0.134 e. The van der Waals surface area contributed by atoms with Gasteiger partial charge in [0.2, 0.25) is 0 Å². The second-order valence-corrected chi connectivity index (χ2v) is 4.81. The zero-order valence-corrected chi connectivity index (χ0v) is 11.5. The highest BCUT2D eigenvalue weighted by Crippen LogP contribution is 2.27. The Balaban J connectivity index is 2.24. The Kier molecular flexibility index (Phi) is 4.69. The molecule has 0 bridgehead atoms. The monoisotopic (exact) mass is 277 g/mol. The van der Waals surface area contributed by atoms with Gasteiger partial charge in [-0.2, -0.15) is 0 Å². The number of hydrogen-bond acceptors (Lipinski definition) is 2. The van der Waals surface area contributed by atoms with Crippen molar-refractivity contribution >= 4 is 0 Å². The van der Waals surface area contributed by atoms with Gasteiger partial charge in [-0.25, -0.2) is 8.78 Å². The van der Waals surface area contributed by atoms with Crippen LogP contribution in [0.1, 0.15) is 19.4 Å². The van der Waals surface area contributed by atoms with Crippen molar-refractivity contribution in [1.82, 2.24) is 5.32 Å². The minimum absolute atomic E-state index is 0.233. The summed E-state index contributed by atoms with van der Waals surface area (Å²) in [7, 11) is 0. The van der Waals surface area contributed by atoms with E-state index in [2.05, 4.69) is 5.32 Å². The van der Waals surface area contributed by atoms with Crippen LogP contribution in [-0.2, 0) is 6.54 Å². The van der Waals surface area contributed by atoms with Crippen LogP contribution in [0, 0.1) is 11.6 Å². The van der Waals surface area contributed by atoms with E-state index in [0.717, 1.165) is 0 Å². The summed E-state index contributed by atoms with van der Waals surface area (Å²) < 4.78 is 32.6. The molecular weight excluding hydrogens is 260 g/mol. The standard InChI is InChI=1S/C16H17F2NO/c1-11(2)19-10-14-15(18)7-4-8-16(14)20-13-6-3-5-12(17)9-13/h3-9,11,19H,10H2,1-2H3. The van der Waals surface area contributed by atoms with Gasteiger partial charge in [0, 0.05) is 24.2 Å². The van der Waals surface area contributed by atoms with Crippen molar-refractivity contribution in [3.05, 3.63) is 59.7 Å². The third-order valence-corrected chi connectivity index (χ3v) is 2.79. The molecule has 0 heterocycles. The molecule has 0 unspecified atom stereocenters. The van der Waals surface area contributed by atoms with E-state index < -0.39 is 0 Å². The Morgan fingerprint density at radius 2 is 1.85 bits per heavy atom. The molecule has 2 nitrogen and oxygen atoms in total. The molecule has 2 rings (SSSR count). The zero-order valence-electron chi connectivity index (χ0n) is 11.5. The normalized spacial score (nSPS) is 10.8. The molecule has 0 aliphatic rings. The van der Waals surface area contributed by atoms with E-state index in [0.29, 0.717) is 23.6 Å². The van der Waals surface area contributed by atoms with Gasteiger partial charge in [0.05, 0.1) is 0 Å². The first kappa shape index (κ1) is 14.5. The third-order valence-electron chi connectivity index (χ3n) is 2.79. The van der Waals surface area contributed by atoms with Gasteiger partial charge in [0.25, 0.3) is 0 Å². The first-order valence-corrected chi connectivity index (χ1v) is 6.50. The van der Waals surface area contributed by atoms with Crippen LogP contribution >= 0.6 is 0 Å². The van der Waals surface area contributed by atoms with E-state index in [-0.39, 0.29) is 17.7 Å². The zero-order chi connectivity index (χ0) is 14.5. The average molecular weight is 277 g/mol. The minimum atomic E-state index is -0.388. The Labute approximate surface area is 117 Å². The van der Waals surface area contributed by atoms with Gasteiger partial charge >= 0.3 is 0 Å². The van der Waals surface area contributed by atoms with E-state index in [9.17, 15) is 8.78 Å². The van der Waals surface area contributed by atoms with E-state index in [1.165, 1.54) is 18.2 Å². The van der Waals surface area contributed by atoms with Gasteiger partial charge in [-0.1, -0.05) is 26.0 Å². The lowest BCUT2D eigenvalue weighted by Crippen LogP contribution is -2.22. The molecule has 4 heteroatoms. The Morgan fingerprint density at radius 1 is 1.10 bits per heavy atom. The fourth-order valence-corrected chi connectivity index (χ4v) is 1.77. The molecule has 20 heavy (non-hydrogen) atoms. The second-order valence-electron chi connectivity index (χ2n) is 4.81. The predicted molar refractivity (Wildman–Crippen MR) is 74.8 cm³/mol. The van der Waals surface area contributed by atoms with Gasteiger partial charge < -0.3 is 10.1 Å². The molecule has 0 radical (unpaired) electrons. The van der Waals surface area contributed by atoms with Crippen LogP contribution in [-0.4, -0.2) is 6.04 Å². The first-order valence-electron chi connectivity index (χ1n) is 6.50. The molecule has 2 aromatic rings. The molecular formula is C16H17F2NO. The van der Waals surface area contributed by atoms with Crippen LogP contribution in [0.15, 0.2) is 42.5 Å². The van der Waals surface area contributed by atoms with Crippen molar-refractivity contribution in [2.45, 2.75) is 26.4 Å². The van der Waals surface area contributed by atoms with Gasteiger partial charge in [0.15, 0.2) is 0 Å². The maximum absolute atomic E-state index is 13.9. The van der Waals surface area contributed by atoms with Crippen LogP contribution in [0.4, 0.5) is 8.78 Å². The topological polar surface area (TPSA) is 21.3 Å². The van der Waals surface area contributed by atoms with Gasteiger partial charge in [0.1, 0.15) is 23.1 Å². The van der Waals surface area contributed by atoms with Gasteiger partial charge in [-0.15, -0.1) is 0 Å². The molecule has 106 valence electrons. The van der Waals surface area contributed by atoms with E-state index in [1.54, 1.807) is 24.3 Å². The number of halogens is 2. The number of nitrogens with one attached hydrogen (secondary N) is 1. The maximum atomic E-state index is 13.9. The van der Waals surface area contributed by atoms with Gasteiger partial charge in [-0.05, 0) is 24.3 Å². The van der Waals surface area contributed by atoms with E-state index in [1.807, 2.05) is 13.8 Å². The maximum Gasteiger partial charge on any atom is 0.134 e. The first-order chi connectivity index (χ1) is 9.56. The highest BCUT2D eigenvalue weighted by molar-refractivity contribution is 5.38. The SMILES string of the molecule is CC(C)NCc1c(F)cccc1Oc1cccc(F)c1. The summed E-state index contributed by atoms with van der Waals surface area (Å²) in [5.74, 6) is 0.0120. The van der Waals surface area contributed by atoms with Crippen LogP contribution in [0.3, 0.4) is 0 Å². The molecule has 2 aromatic carbocycles. The van der Waals surface area contributed by atoms with Crippen LogP contribution in [0.25, 0.3) is 0 Å². The molecule has 0 aliphatic carbocycles. The lowest BCUT2D eigenvalue weighted by Gasteiger charge is -2.14. The predicted octanol–water partition coefficient (Wildman–Crippen LogP) is 4.26. The summed E-state index contributed by atoms with van der Waals surface area (Å²) in [6, 6.07) is 10.6. The average Bonchev–Trinajstić information content (AvgIpc) is 2.38. The summed E-state index contributed by atoms with van der Waals surface area (Å²) in [6.45, 7) is 4.32. The van der Waals surface area contributed by atoms with Crippen molar-refractivity contribution in [2.75, 3.05) is 0 Å². The Hall–Kier alpha value is -1.94. The number of hydrogen-bond donors (Lipinski definition) is 1. The van der Waals surface area contributed by atoms with E-state index in [4.69, 9.17) is 4.74 Å². The molecule has 0 atom stereocenters. The Morgan fingerprint density at radius 3 is 2.55 bits per heavy atom. The van der Waals surface area contributed by atoms with Crippen molar-refractivity contribution in [3.63, 3.8) is 0 Å². The quantitative estimate of drug-likeness (QED) is 0.882. The number of ether oxygens (including phenoxy) is 1. The van der Waals surface area contributed by atoms with Crippen molar-refractivity contribution < 1.29 is 13.5 Å². The highest BCUT2D eigenvalue weighted by Gasteiger charge is 2.11. The number of rotatable bonds is 5. The highest BCUT2D eigenvalue weighted by atomic mass is 19.1. The lowest BCUT2D eigenvalue weighted by atomic mass is 10.1. The molecule has 0 saturated heterocycles. The largest absolute Gasteiger partial charge is 0.457 e. The molecule has 1 N–H and O–H groups in total. The minimum Gasteiger partial charge on any atom is -0.457 e. The molecule has 0 aliphatic heterocycles. The Bertz CT molecular complexity index is 584. The summed E-state index contributed by atoms with van der Waals surface area (Å²) in [6.07, 6.45) is 0. The molecule has 0 fully saturated rings. The van der Waals surface area contributed by atoms with E-state index >= 15 is 0 Å². The summed E-state index contributed by atoms with van der Waals surface area (Å²) >= 11 is 0. The number of benzene rings is 2. The van der Waals surface area contributed by atoms with Gasteiger partial charge in [-0.3, -0.25) is 0 Å². The third kappa shape index (κ3) is 3.78. The van der Waals surface area contributed by atoms with Crippen molar-refractivity contribution in [3.8, 4) is 11.5 Å². The van der Waals surface area contributed by atoms with Crippen molar-refractivity contribution in [1.29, 1.82) is 0 Å². The molecule has 0 spiro atoms. The summed E-state index contributed by atoms with van der Waals surface area (Å²) in [5, 5.41) is 3.15. The van der Waals surface area contributed by atoms with Crippen LogP contribution < -0.4 is 10.1 Å².